The average Bonchev–Trinajstić information content (AvgIpc) is 2.26. The highest BCUT2D eigenvalue weighted by atomic mass is 19.1. The van der Waals surface area contributed by atoms with Gasteiger partial charge in [-0.25, -0.2) is 4.39 Å². The van der Waals surface area contributed by atoms with Crippen LogP contribution < -0.4 is 14.8 Å². The van der Waals surface area contributed by atoms with E-state index in [0.717, 1.165) is 18.5 Å². The van der Waals surface area contributed by atoms with Crippen LogP contribution in [0.25, 0.3) is 0 Å². The standard InChI is InChI=1S/C11H16FNO2/c1-13-5-4-8-6-11(15-3)9(12)7-10(8)14-2/h6-7,13H,4-5H2,1-3H3. The molecule has 0 aliphatic rings. The van der Waals surface area contributed by atoms with Crippen molar-refractivity contribution >= 4 is 0 Å². The lowest BCUT2D eigenvalue weighted by Crippen LogP contribution is -2.11. The maximum Gasteiger partial charge on any atom is 0.168 e. The van der Waals surface area contributed by atoms with Crippen molar-refractivity contribution in [2.75, 3.05) is 27.8 Å². The number of benzene rings is 1. The lowest BCUT2D eigenvalue weighted by Gasteiger charge is -2.11. The third kappa shape index (κ3) is 2.83. The van der Waals surface area contributed by atoms with Crippen LogP contribution in [0.3, 0.4) is 0 Å². The Balaban J connectivity index is 2.99. The molecule has 1 aromatic carbocycles. The van der Waals surface area contributed by atoms with Crippen molar-refractivity contribution in [2.24, 2.45) is 0 Å². The van der Waals surface area contributed by atoms with Crippen LogP contribution in [-0.4, -0.2) is 27.8 Å². The van der Waals surface area contributed by atoms with E-state index in [-0.39, 0.29) is 5.75 Å². The van der Waals surface area contributed by atoms with E-state index in [2.05, 4.69) is 5.32 Å². The Morgan fingerprint density at radius 3 is 2.40 bits per heavy atom. The summed E-state index contributed by atoms with van der Waals surface area (Å²) in [5, 5.41) is 3.03. The monoisotopic (exact) mass is 213 g/mol. The Morgan fingerprint density at radius 1 is 1.20 bits per heavy atom. The molecule has 0 aliphatic heterocycles. The molecular formula is C11H16FNO2. The summed E-state index contributed by atoms with van der Waals surface area (Å²) in [7, 11) is 4.85. The molecule has 0 saturated heterocycles. The van der Waals surface area contributed by atoms with Crippen molar-refractivity contribution in [1.82, 2.24) is 5.32 Å². The Hall–Kier alpha value is -1.29. The van der Waals surface area contributed by atoms with Gasteiger partial charge in [-0.3, -0.25) is 0 Å². The number of rotatable bonds is 5. The molecule has 0 fully saturated rings. The van der Waals surface area contributed by atoms with Gasteiger partial charge in [-0.1, -0.05) is 0 Å². The van der Waals surface area contributed by atoms with Crippen molar-refractivity contribution in [2.45, 2.75) is 6.42 Å². The fourth-order valence-electron chi connectivity index (χ4n) is 1.38. The summed E-state index contributed by atoms with van der Waals surface area (Å²) < 4.78 is 23.3. The molecule has 15 heavy (non-hydrogen) atoms. The summed E-state index contributed by atoms with van der Waals surface area (Å²) in [5.41, 5.74) is 0.935. The van der Waals surface area contributed by atoms with Crippen LogP contribution >= 0.6 is 0 Å². The molecule has 0 aliphatic carbocycles. The fourth-order valence-corrected chi connectivity index (χ4v) is 1.38. The van der Waals surface area contributed by atoms with Gasteiger partial charge in [-0.15, -0.1) is 0 Å². The number of likely N-dealkylation sites (N-methyl/N-ethyl adjacent to an activating group) is 1. The van der Waals surface area contributed by atoms with Crippen molar-refractivity contribution in [1.29, 1.82) is 0 Å². The van der Waals surface area contributed by atoms with Crippen molar-refractivity contribution in [3.63, 3.8) is 0 Å². The van der Waals surface area contributed by atoms with Gasteiger partial charge in [0, 0.05) is 6.07 Å². The minimum Gasteiger partial charge on any atom is -0.496 e. The second-order valence-corrected chi connectivity index (χ2v) is 3.15. The molecule has 1 N–H and O–H groups in total. The maximum absolute atomic E-state index is 13.3. The predicted molar refractivity (Wildman–Crippen MR) is 57.1 cm³/mol. The summed E-state index contributed by atoms with van der Waals surface area (Å²) in [6.07, 6.45) is 0.774. The van der Waals surface area contributed by atoms with Crippen molar-refractivity contribution < 1.29 is 13.9 Å². The molecule has 0 atom stereocenters. The van der Waals surface area contributed by atoms with E-state index < -0.39 is 5.82 Å². The highest BCUT2D eigenvalue weighted by Gasteiger charge is 2.10. The Kier molecular flexibility index (Phi) is 4.37. The highest BCUT2D eigenvalue weighted by Crippen LogP contribution is 2.27. The molecule has 0 amide bonds. The molecular weight excluding hydrogens is 197 g/mol. The molecule has 3 nitrogen and oxygen atoms in total. The molecule has 0 aromatic heterocycles. The van der Waals surface area contributed by atoms with E-state index >= 15 is 0 Å². The second kappa shape index (κ2) is 5.56. The summed E-state index contributed by atoms with van der Waals surface area (Å²) in [6.45, 7) is 0.811. The van der Waals surface area contributed by atoms with Gasteiger partial charge in [-0.05, 0) is 31.6 Å². The zero-order valence-corrected chi connectivity index (χ0v) is 9.26. The van der Waals surface area contributed by atoms with Crippen LogP contribution in [0.5, 0.6) is 11.5 Å². The summed E-state index contributed by atoms with van der Waals surface area (Å²) in [6, 6.07) is 3.02. The third-order valence-electron chi connectivity index (χ3n) is 2.20. The molecule has 0 heterocycles. The zero-order valence-electron chi connectivity index (χ0n) is 9.26. The number of ether oxygens (including phenoxy) is 2. The van der Waals surface area contributed by atoms with Crippen LogP contribution in [0.15, 0.2) is 12.1 Å². The summed E-state index contributed by atoms with van der Waals surface area (Å²) in [5.74, 6) is 0.410. The van der Waals surface area contributed by atoms with Gasteiger partial charge >= 0.3 is 0 Å². The molecule has 4 heteroatoms. The molecule has 0 bridgehead atoms. The van der Waals surface area contributed by atoms with Gasteiger partial charge in [-0.2, -0.15) is 0 Å². The van der Waals surface area contributed by atoms with Crippen LogP contribution in [0.2, 0.25) is 0 Å². The molecule has 0 unspecified atom stereocenters. The molecule has 1 aromatic rings. The van der Waals surface area contributed by atoms with Gasteiger partial charge < -0.3 is 14.8 Å². The topological polar surface area (TPSA) is 30.5 Å². The maximum atomic E-state index is 13.3. The minimum absolute atomic E-state index is 0.252. The first-order chi connectivity index (χ1) is 7.22. The van der Waals surface area contributed by atoms with Crippen LogP contribution in [0.1, 0.15) is 5.56 Å². The predicted octanol–water partition coefficient (Wildman–Crippen LogP) is 1.60. The molecule has 0 spiro atoms. The van der Waals surface area contributed by atoms with Crippen molar-refractivity contribution in [3.05, 3.63) is 23.5 Å². The van der Waals surface area contributed by atoms with Crippen LogP contribution in [0.4, 0.5) is 4.39 Å². The first kappa shape index (κ1) is 11.8. The number of hydrogen-bond acceptors (Lipinski definition) is 3. The van der Waals surface area contributed by atoms with Gasteiger partial charge in [0.05, 0.1) is 14.2 Å². The smallest absolute Gasteiger partial charge is 0.168 e. The van der Waals surface area contributed by atoms with Gasteiger partial charge in [0.15, 0.2) is 11.6 Å². The summed E-state index contributed by atoms with van der Waals surface area (Å²) in [4.78, 5) is 0. The lowest BCUT2D eigenvalue weighted by molar-refractivity contribution is 0.374. The van der Waals surface area contributed by atoms with E-state index in [0.29, 0.717) is 5.75 Å². The number of hydrogen-bond donors (Lipinski definition) is 1. The van der Waals surface area contributed by atoms with Crippen molar-refractivity contribution in [3.8, 4) is 11.5 Å². The number of nitrogens with one attached hydrogen (secondary N) is 1. The Morgan fingerprint density at radius 2 is 1.87 bits per heavy atom. The van der Waals surface area contributed by atoms with E-state index in [1.165, 1.54) is 20.3 Å². The average molecular weight is 213 g/mol. The Labute approximate surface area is 89.2 Å². The number of halogens is 1. The Bertz CT molecular complexity index is 329. The van der Waals surface area contributed by atoms with E-state index in [9.17, 15) is 4.39 Å². The normalized spacial score (nSPS) is 10.1. The van der Waals surface area contributed by atoms with Gasteiger partial charge in [0.1, 0.15) is 5.75 Å². The third-order valence-corrected chi connectivity index (χ3v) is 2.20. The van der Waals surface area contributed by atoms with Crippen LogP contribution in [-0.2, 0) is 6.42 Å². The highest BCUT2D eigenvalue weighted by molar-refractivity contribution is 5.41. The lowest BCUT2D eigenvalue weighted by atomic mass is 10.1. The molecule has 0 saturated carbocycles. The zero-order chi connectivity index (χ0) is 11.3. The van der Waals surface area contributed by atoms with E-state index in [4.69, 9.17) is 9.47 Å². The largest absolute Gasteiger partial charge is 0.496 e. The molecule has 84 valence electrons. The van der Waals surface area contributed by atoms with Crippen LogP contribution in [0, 0.1) is 5.82 Å². The minimum atomic E-state index is -0.400. The fraction of sp³-hybridized carbons (Fsp3) is 0.455. The molecule has 1 rings (SSSR count). The van der Waals surface area contributed by atoms with Gasteiger partial charge in [0.25, 0.3) is 0 Å². The van der Waals surface area contributed by atoms with E-state index in [1.54, 1.807) is 6.07 Å². The first-order valence-electron chi connectivity index (χ1n) is 4.78. The first-order valence-corrected chi connectivity index (χ1v) is 4.78. The number of methoxy groups -OCH3 is 2. The quantitative estimate of drug-likeness (QED) is 0.806. The second-order valence-electron chi connectivity index (χ2n) is 3.15. The molecule has 0 radical (unpaired) electrons. The SMILES string of the molecule is CNCCc1cc(OC)c(F)cc1OC. The van der Waals surface area contributed by atoms with E-state index in [1.807, 2.05) is 7.05 Å². The van der Waals surface area contributed by atoms with Gasteiger partial charge in [0.2, 0.25) is 0 Å². The summed E-state index contributed by atoms with van der Waals surface area (Å²) >= 11 is 0.